The second-order valence-corrected chi connectivity index (χ2v) is 6.46. The highest BCUT2D eigenvalue weighted by molar-refractivity contribution is 6.02. The van der Waals surface area contributed by atoms with E-state index < -0.39 is 0 Å². The van der Waals surface area contributed by atoms with Gasteiger partial charge in [-0.05, 0) is 60.0 Å². The van der Waals surface area contributed by atoms with Crippen molar-refractivity contribution in [2.45, 2.75) is 13.5 Å². The van der Waals surface area contributed by atoms with Gasteiger partial charge in [0.05, 0.1) is 7.11 Å². The fourth-order valence-corrected chi connectivity index (χ4v) is 2.71. The van der Waals surface area contributed by atoms with Crippen LogP contribution < -0.4 is 14.8 Å². The average Bonchev–Trinajstić information content (AvgIpc) is 2.74. The summed E-state index contributed by atoms with van der Waals surface area (Å²) in [5.74, 6) is 0.621. The quantitative estimate of drug-likeness (QED) is 0.551. The van der Waals surface area contributed by atoms with Crippen LogP contribution in [0, 0.1) is 12.7 Å². The number of carbonyl (C=O) groups excluding carboxylic acids is 1. The van der Waals surface area contributed by atoms with Crippen LogP contribution in [-0.4, -0.2) is 13.0 Å². The predicted molar refractivity (Wildman–Crippen MR) is 113 cm³/mol. The molecular formula is C24H22FNO3. The van der Waals surface area contributed by atoms with Crippen LogP contribution in [0.4, 0.5) is 10.1 Å². The molecule has 3 aromatic rings. The molecule has 1 amide bonds. The third-order valence-corrected chi connectivity index (χ3v) is 4.33. The van der Waals surface area contributed by atoms with Crippen molar-refractivity contribution in [1.82, 2.24) is 0 Å². The molecule has 0 aromatic heterocycles. The Hall–Kier alpha value is -3.60. The van der Waals surface area contributed by atoms with Gasteiger partial charge in [-0.15, -0.1) is 0 Å². The number of anilines is 1. The second kappa shape index (κ2) is 9.55. The summed E-state index contributed by atoms with van der Waals surface area (Å²) in [5.41, 5.74) is 3.43. The van der Waals surface area contributed by atoms with Crippen molar-refractivity contribution >= 4 is 17.7 Å². The van der Waals surface area contributed by atoms with Gasteiger partial charge in [-0.2, -0.15) is 0 Å². The molecule has 0 bridgehead atoms. The number of aryl methyl sites for hydroxylation is 1. The average molecular weight is 391 g/mol. The third kappa shape index (κ3) is 5.69. The highest BCUT2D eigenvalue weighted by Gasteiger charge is 2.06. The summed E-state index contributed by atoms with van der Waals surface area (Å²) in [7, 11) is 1.55. The molecule has 0 unspecified atom stereocenters. The summed E-state index contributed by atoms with van der Waals surface area (Å²) in [6.45, 7) is 2.24. The lowest BCUT2D eigenvalue weighted by molar-refractivity contribution is -0.111. The van der Waals surface area contributed by atoms with E-state index in [1.165, 1.54) is 18.2 Å². The topological polar surface area (TPSA) is 47.6 Å². The molecule has 0 aliphatic rings. The normalized spacial score (nSPS) is 10.7. The number of benzene rings is 3. The van der Waals surface area contributed by atoms with Crippen molar-refractivity contribution in [2.24, 2.45) is 0 Å². The lowest BCUT2D eigenvalue weighted by Gasteiger charge is -2.11. The number of rotatable bonds is 7. The van der Waals surface area contributed by atoms with Crippen molar-refractivity contribution in [3.63, 3.8) is 0 Å². The predicted octanol–water partition coefficient (Wildman–Crippen LogP) is 5.37. The monoisotopic (exact) mass is 391 g/mol. The molecule has 0 aliphatic carbocycles. The number of carbonyl (C=O) groups is 1. The van der Waals surface area contributed by atoms with Crippen molar-refractivity contribution in [3.05, 3.63) is 95.3 Å². The Kier molecular flexibility index (Phi) is 6.63. The molecule has 0 saturated carbocycles. The van der Waals surface area contributed by atoms with E-state index in [4.69, 9.17) is 9.47 Å². The molecule has 0 fully saturated rings. The molecular weight excluding hydrogens is 369 g/mol. The van der Waals surface area contributed by atoms with Gasteiger partial charge in [0, 0.05) is 11.8 Å². The molecule has 0 aliphatic heterocycles. The molecule has 1 N–H and O–H groups in total. The van der Waals surface area contributed by atoms with Gasteiger partial charge in [0.2, 0.25) is 5.91 Å². The minimum absolute atomic E-state index is 0.213. The van der Waals surface area contributed by atoms with E-state index in [9.17, 15) is 9.18 Å². The number of hydrogen-bond donors (Lipinski definition) is 1. The first-order valence-electron chi connectivity index (χ1n) is 9.15. The fraction of sp³-hybridized carbons (Fsp3) is 0.125. The molecule has 0 saturated heterocycles. The van der Waals surface area contributed by atoms with E-state index in [0.29, 0.717) is 18.1 Å². The number of ether oxygens (including phenoxy) is 2. The molecule has 0 heterocycles. The Morgan fingerprint density at radius 3 is 2.52 bits per heavy atom. The minimum Gasteiger partial charge on any atom is -0.493 e. The maximum Gasteiger partial charge on any atom is 0.248 e. The van der Waals surface area contributed by atoms with E-state index in [-0.39, 0.29) is 11.7 Å². The maximum absolute atomic E-state index is 13.0. The van der Waals surface area contributed by atoms with Crippen molar-refractivity contribution < 1.29 is 18.7 Å². The Bertz CT molecular complexity index is 1010. The Morgan fingerprint density at radius 2 is 1.79 bits per heavy atom. The molecule has 3 rings (SSSR count). The molecule has 4 nitrogen and oxygen atoms in total. The first-order valence-corrected chi connectivity index (χ1v) is 9.15. The van der Waals surface area contributed by atoms with Crippen LogP contribution in [0.1, 0.15) is 16.7 Å². The lowest BCUT2D eigenvalue weighted by atomic mass is 10.1. The maximum atomic E-state index is 13.0. The second-order valence-electron chi connectivity index (χ2n) is 6.46. The Morgan fingerprint density at radius 1 is 1.03 bits per heavy atom. The number of methoxy groups -OCH3 is 1. The van der Waals surface area contributed by atoms with Gasteiger partial charge in [0.1, 0.15) is 12.4 Å². The number of halogens is 1. The highest BCUT2D eigenvalue weighted by atomic mass is 19.1. The van der Waals surface area contributed by atoms with Gasteiger partial charge in [-0.1, -0.05) is 36.4 Å². The van der Waals surface area contributed by atoms with Crippen LogP contribution in [0.3, 0.4) is 0 Å². The van der Waals surface area contributed by atoms with Gasteiger partial charge < -0.3 is 14.8 Å². The number of nitrogens with one attached hydrogen (secondary N) is 1. The van der Waals surface area contributed by atoms with Crippen LogP contribution in [-0.2, 0) is 11.4 Å². The van der Waals surface area contributed by atoms with Crippen molar-refractivity contribution in [2.75, 3.05) is 12.4 Å². The Labute approximate surface area is 169 Å². The minimum atomic E-state index is -0.283. The molecule has 5 heteroatoms. The summed E-state index contributed by atoms with van der Waals surface area (Å²) in [6, 6.07) is 19.1. The number of para-hydroxylation sites is 1. The van der Waals surface area contributed by atoms with E-state index in [1.54, 1.807) is 37.5 Å². The molecule has 0 radical (unpaired) electrons. The molecule has 148 valence electrons. The van der Waals surface area contributed by atoms with Gasteiger partial charge in [0.25, 0.3) is 0 Å². The number of hydrogen-bond acceptors (Lipinski definition) is 3. The van der Waals surface area contributed by atoms with Gasteiger partial charge in [-0.25, -0.2) is 4.39 Å². The molecule has 0 atom stereocenters. The third-order valence-electron chi connectivity index (χ3n) is 4.33. The summed E-state index contributed by atoms with van der Waals surface area (Å²) < 4.78 is 24.2. The first-order chi connectivity index (χ1) is 14.0. The van der Waals surface area contributed by atoms with Crippen LogP contribution in [0.15, 0.2) is 72.8 Å². The largest absolute Gasteiger partial charge is 0.493 e. The number of amides is 1. The van der Waals surface area contributed by atoms with Crippen LogP contribution in [0.2, 0.25) is 0 Å². The highest BCUT2D eigenvalue weighted by Crippen LogP contribution is 2.29. The summed E-state index contributed by atoms with van der Waals surface area (Å²) >= 11 is 0. The Balaban J connectivity index is 1.64. The molecule has 29 heavy (non-hydrogen) atoms. The van der Waals surface area contributed by atoms with Gasteiger partial charge in [-0.3, -0.25) is 4.79 Å². The van der Waals surface area contributed by atoms with E-state index >= 15 is 0 Å². The zero-order valence-electron chi connectivity index (χ0n) is 16.3. The van der Waals surface area contributed by atoms with Crippen LogP contribution in [0.25, 0.3) is 6.08 Å². The first kappa shape index (κ1) is 20.1. The SMILES string of the molecule is COc1cc(/C=C/C(=O)Nc2ccccc2C)ccc1OCc1ccc(F)cc1. The smallest absolute Gasteiger partial charge is 0.248 e. The zero-order chi connectivity index (χ0) is 20.6. The summed E-state index contributed by atoms with van der Waals surface area (Å²) in [4.78, 5) is 12.2. The van der Waals surface area contributed by atoms with Crippen LogP contribution in [0.5, 0.6) is 11.5 Å². The van der Waals surface area contributed by atoms with Crippen LogP contribution >= 0.6 is 0 Å². The lowest BCUT2D eigenvalue weighted by Crippen LogP contribution is -2.08. The summed E-state index contributed by atoms with van der Waals surface area (Å²) in [5, 5.41) is 2.85. The van der Waals surface area contributed by atoms with Crippen molar-refractivity contribution in [1.29, 1.82) is 0 Å². The van der Waals surface area contributed by atoms with E-state index in [0.717, 1.165) is 22.4 Å². The van der Waals surface area contributed by atoms with E-state index in [1.807, 2.05) is 37.3 Å². The fourth-order valence-electron chi connectivity index (χ4n) is 2.71. The van der Waals surface area contributed by atoms with Crippen molar-refractivity contribution in [3.8, 4) is 11.5 Å². The zero-order valence-corrected chi connectivity index (χ0v) is 16.3. The van der Waals surface area contributed by atoms with Gasteiger partial charge in [0.15, 0.2) is 11.5 Å². The molecule has 0 spiro atoms. The summed E-state index contributed by atoms with van der Waals surface area (Å²) in [6.07, 6.45) is 3.18. The van der Waals surface area contributed by atoms with Gasteiger partial charge >= 0.3 is 0 Å². The molecule has 3 aromatic carbocycles. The standard InChI is InChI=1S/C24H22FNO3/c1-17-5-3-4-6-21(17)26-24(27)14-10-18-9-13-22(23(15-18)28-2)29-16-19-7-11-20(25)12-8-19/h3-15H,16H2,1-2H3,(H,26,27)/b14-10+. The van der Waals surface area contributed by atoms with E-state index in [2.05, 4.69) is 5.32 Å².